The standard InChI is InChI=1S/C22H19BrN4O3/c23-17-6-4-15(5-7-17)20(28)18-19(16-3-1-8-24-13-16)27(22(30)21(18)29)11-2-10-26-12-9-25-14-26/h1,3-9,12-14,19,28H,2,10-11H2/b20-18+. The lowest BCUT2D eigenvalue weighted by Crippen LogP contribution is -2.31. The zero-order valence-corrected chi connectivity index (χ0v) is 17.6. The Morgan fingerprint density at radius 1 is 1.07 bits per heavy atom. The molecule has 152 valence electrons. The number of imidazole rings is 1. The fraction of sp³-hybridized carbons (Fsp3) is 0.182. The fourth-order valence-corrected chi connectivity index (χ4v) is 3.87. The predicted molar refractivity (Wildman–Crippen MR) is 114 cm³/mol. The van der Waals surface area contributed by atoms with E-state index in [-0.39, 0.29) is 11.3 Å². The van der Waals surface area contributed by atoms with Crippen molar-refractivity contribution in [3.8, 4) is 0 Å². The van der Waals surface area contributed by atoms with Crippen LogP contribution in [0.25, 0.3) is 5.76 Å². The Morgan fingerprint density at radius 2 is 1.87 bits per heavy atom. The van der Waals surface area contributed by atoms with E-state index in [1.165, 1.54) is 4.90 Å². The summed E-state index contributed by atoms with van der Waals surface area (Å²) >= 11 is 3.36. The molecule has 1 aliphatic rings. The number of halogens is 1. The van der Waals surface area contributed by atoms with Gasteiger partial charge in [-0.25, -0.2) is 4.98 Å². The molecule has 1 saturated heterocycles. The SMILES string of the molecule is O=C1C(=O)N(CCCn2ccnc2)C(c2cccnc2)/C1=C(\O)c1ccc(Br)cc1. The number of aliphatic hydroxyl groups is 1. The van der Waals surface area contributed by atoms with Crippen LogP contribution >= 0.6 is 15.9 Å². The van der Waals surface area contributed by atoms with Gasteiger partial charge < -0.3 is 14.6 Å². The summed E-state index contributed by atoms with van der Waals surface area (Å²) in [6.45, 7) is 1.02. The number of carbonyl (C=O) groups is 2. The highest BCUT2D eigenvalue weighted by molar-refractivity contribution is 9.10. The molecule has 3 heterocycles. The first kappa shape index (κ1) is 20.0. The number of nitrogens with zero attached hydrogens (tertiary/aromatic N) is 4. The van der Waals surface area contributed by atoms with Gasteiger partial charge in [-0.15, -0.1) is 0 Å². The minimum absolute atomic E-state index is 0.0814. The van der Waals surface area contributed by atoms with Crippen LogP contribution in [0.3, 0.4) is 0 Å². The second-order valence-corrected chi connectivity index (χ2v) is 7.86. The molecular weight excluding hydrogens is 448 g/mol. The molecular formula is C22H19BrN4O3. The van der Waals surface area contributed by atoms with Gasteiger partial charge in [0.2, 0.25) is 0 Å². The number of pyridine rings is 1. The first-order valence-electron chi connectivity index (χ1n) is 9.46. The molecule has 0 radical (unpaired) electrons. The maximum Gasteiger partial charge on any atom is 0.295 e. The van der Waals surface area contributed by atoms with Crippen molar-refractivity contribution in [1.29, 1.82) is 0 Å². The van der Waals surface area contributed by atoms with Crippen LogP contribution < -0.4 is 0 Å². The molecule has 30 heavy (non-hydrogen) atoms. The van der Waals surface area contributed by atoms with Gasteiger partial charge in [-0.1, -0.05) is 34.1 Å². The second-order valence-electron chi connectivity index (χ2n) is 6.94. The molecule has 2 aromatic heterocycles. The lowest BCUT2D eigenvalue weighted by atomic mass is 9.96. The average molecular weight is 467 g/mol. The molecule has 0 spiro atoms. The minimum Gasteiger partial charge on any atom is -0.507 e. The molecule has 3 aromatic rings. The maximum atomic E-state index is 12.9. The van der Waals surface area contributed by atoms with Gasteiger partial charge in [-0.05, 0) is 30.2 Å². The van der Waals surface area contributed by atoms with Crippen molar-refractivity contribution in [2.24, 2.45) is 0 Å². The van der Waals surface area contributed by atoms with E-state index in [0.717, 1.165) is 4.47 Å². The van der Waals surface area contributed by atoms with Gasteiger partial charge in [0.15, 0.2) is 0 Å². The Balaban J connectivity index is 1.71. The summed E-state index contributed by atoms with van der Waals surface area (Å²) in [7, 11) is 0. The largest absolute Gasteiger partial charge is 0.507 e. The lowest BCUT2D eigenvalue weighted by Gasteiger charge is -2.25. The van der Waals surface area contributed by atoms with E-state index < -0.39 is 17.7 Å². The number of ketones is 1. The summed E-state index contributed by atoms with van der Waals surface area (Å²) in [6.07, 6.45) is 9.14. The topological polar surface area (TPSA) is 88.3 Å². The Hall–Kier alpha value is -3.26. The molecule has 1 N–H and O–H groups in total. The lowest BCUT2D eigenvalue weighted by molar-refractivity contribution is -0.139. The highest BCUT2D eigenvalue weighted by Gasteiger charge is 2.45. The predicted octanol–water partition coefficient (Wildman–Crippen LogP) is 3.55. The van der Waals surface area contributed by atoms with Crippen molar-refractivity contribution in [2.75, 3.05) is 6.54 Å². The van der Waals surface area contributed by atoms with Crippen LogP contribution in [0.5, 0.6) is 0 Å². The van der Waals surface area contributed by atoms with Crippen LogP contribution in [0.2, 0.25) is 0 Å². The minimum atomic E-state index is -0.690. The summed E-state index contributed by atoms with van der Waals surface area (Å²) in [5.41, 5.74) is 1.24. The molecule has 1 unspecified atom stereocenters. The number of likely N-dealkylation sites (tertiary alicyclic amines) is 1. The smallest absolute Gasteiger partial charge is 0.295 e. The molecule has 1 atom stereocenters. The zero-order chi connectivity index (χ0) is 21.1. The number of aliphatic hydroxyl groups excluding tert-OH is 1. The monoisotopic (exact) mass is 466 g/mol. The highest BCUT2D eigenvalue weighted by Crippen LogP contribution is 2.39. The third-order valence-electron chi connectivity index (χ3n) is 5.03. The molecule has 0 bridgehead atoms. The average Bonchev–Trinajstić information content (AvgIpc) is 3.37. The second kappa shape index (κ2) is 8.62. The quantitative estimate of drug-likeness (QED) is 0.340. The summed E-state index contributed by atoms with van der Waals surface area (Å²) < 4.78 is 2.76. The number of benzene rings is 1. The summed E-state index contributed by atoms with van der Waals surface area (Å²) in [6, 6.07) is 9.82. The van der Waals surface area contributed by atoms with Crippen molar-refractivity contribution >= 4 is 33.4 Å². The number of hydrogen-bond acceptors (Lipinski definition) is 5. The molecule has 0 aliphatic carbocycles. The summed E-state index contributed by atoms with van der Waals surface area (Å²) in [4.78, 5) is 35.5. The molecule has 1 fully saturated rings. The Labute approximate surface area is 181 Å². The molecule has 1 aliphatic heterocycles. The first-order chi connectivity index (χ1) is 14.6. The summed E-state index contributed by atoms with van der Waals surface area (Å²) in [5.74, 6) is -1.49. The van der Waals surface area contributed by atoms with Crippen molar-refractivity contribution in [3.05, 3.63) is 88.7 Å². The highest BCUT2D eigenvalue weighted by atomic mass is 79.9. The van der Waals surface area contributed by atoms with Crippen LogP contribution in [0, 0.1) is 0 Å². The fourth-order valence-electron chi connectivity index (χ4n) is 3.60. The molecule has 1 amide bonds. The third-order valence-corrected chi connectivity index (χ3v) is 5.56. The van der Waals surface area contributed by atoms with E-state index in [9.17, 15) is 14.7 Å². The Kier molecular flexibility index (Phi) is 5.76. The van der Waals surface area contributed by atoms with Gasteiger partial charge in [0, 0.05) is 47.9 Å². The van der Waals surface area contributed by atoms with E-state index in [0.29, 0.717) is 30.6 Å². The van der Waals surface area contributed by atoms with Gasteiger partial charge in [0.25, 0.3) is 11.7 Å². The molecule has 1 aromatic carbocycles. The maximum absolute atomic E-state index is 12.9. The van der Waals surface area contributed by atoms with Crippen molar-refractivity contribution < 1.29 is 14.7 Å². The van der Waals surface area contributed by atoms with E-state index >= 15 is 0 Å². The van der Waals surface area contributed by atoms with Gasteiger partial charge in [-0.3, -0.25) is 14.6 Å². The Morgan fingerprint density at radius 3 is 2.53 bits per heavy atom. The van der Waals surface area contributed by atoms with Gasteiger partial charge in [0.1, 0.15) is 5.76 Å². The van der Waals surface area contributed by atoms with Crippen molar-refractivity contribution in [3.63, 3.8) is 0 Å². The Bertz CT molecular complexity index is 1080. The van der Waals surface area contributed by atoms with Crippen LogP contribution in [0.15, 0.2) is 77.6 Å². The molecule has 8 heteroatoms. The van der Waals surface area contributed by atoms with E-state index in [2.05, 4.69) is 25.9 Å². The molecule has 4 rings (SSSR count). The summed E-state index contributed by atoms with van der Waals surface area (Å²) in [5, 5.41) is 11.0. The van der Waals surface area contributed by atoms with Crippen molar-refractivity contribution in [2.45, 2.75) is 19.0 Å². The van der Waals surface area contributed by atoms with E-state index in [1.54, 1.807) is 61.3 Å². The van der Waals surface area contributed by atoms with E-state index in [4.69, 9.17) is 0 Å². The zero-order valence-electron chi connectivity index (χ0n) is 16.0. The number of amides is 1. The van der Waals surface area contributed by atoms with E-state index in [1.807, 2.05) is 10.8 Å². The first-order valence-corrected chi connectivity index (χ1v) is 10.3. The molecule has 0 saturated carbocycles. The van der Waals surface area contributed by atoms with Crippen LogP contribution in [0.4, 0.5) is 0 Å². The normalized spacial score (nSPS) is 18.2. The molecule has 7 nitrogen and oxygen atoms in total. The number of Topliss-reactive ketones (excluding diaryl/α,β-unsaturated/α-hetero) is 1. The number of hydrogen-bond donors (Lipinski definition) is 1. The van der Waals surface area contributed by atoms with Gasteiger partial charge in [0.05, 0.1) is 17.9 Å². The van der Waals surface area contributed by atoms with Crippen LogP contribution in [-0.4, -0.2) is 42.8 Å². The number of carbonyl (C=O) groups excluding carboxylic acids is 2. The third kappa shape index (κ3) is 3.91. The van der Waals surface area contributed by atoms with Crippen LogP contribution in [0.1, 0.15) is 23.6 Å². The van der Waals surface area contributed by atoms with Crippen LogP contribution in [-0.2, 0) is 16.1 Å². The number of rotatable bonds is 6. The van der Waals surface area contributed by atoms with Gasteiger partial charge in [-0.2, -0.15) is 0 Å². The number of aromatic nitrogens is 3. The van der Waals surface area contributed by atoms with Crippen molar-refractivity contribution in [1.82, 2.24) is 19.4 Å². The number of aryl methyl sites for hydroxylation is 1. The van der Waals surface area contributed by atoms with Gasteiger partial charge >= 0.3 is 0 Å².